The standard InChI is InChI=1S/C24H36ClN5O8P2/c1-22-5-13-6-23(2,8-22)10-24(7-13,9-22)29-18-15-19(28-21(25)27-18)30(11-26-15)20-17(32)16(31)14(38-20)3-4-39(33,34)12-40(35,36)37/h11,13-14,16-17,20,31-32H,3-10,12H2,1-2H3,(H,33,34)(H,27,28,29)(H2,35,36,37)/t13?,14?,16?,17?,20?,22-,23+,24?. The van der Waals surface area contributed by atoms with Crippen molar-refractivity contribution in [3.63, 3.8) is 0 Å². The first-order valence-corrected chi connectivity index (χ1v) is 17.7. The number of halogens is 1. The van der Waals surface area contributed by atoms with Gasteiger partial charge in [-0.05, 0) is 73.3 Å². The Morgan fingerprint density at radius 2 is 1.75 bits per heavy atom. The molecular formula is C24H36ClN5O8P2. The first kappa shape index (κ1) is 29.0. The molecule has 4 aliphatic carbocycles. The number of aliphatic hydroxyl groups is 2. The number of nitrogens with zero attached hydrogens (tertiary/aromatic N) is 4. The molecule has 222 valence electrons. The summed E-state index contributed by atoms with van der Waals surface area (Å²) in [7, 11) is -8.89. The van der Waals surface area contributed by atoms with Crippen LogP contribution in [0.2, 0.25) is 5.28 Å². The van der Waals surface area contributed by atoms with Crippen LogP contribution in [0.4, 0.5) is 5.82 Å². The molecule has 5 fully saturated rings. The van der Waals surface area contributed by atoms with Gasteiger partial charge in [0.05, 0.1) is 12.4 Å². The summed E-state index contributed by atoms with van der Waals surface area (Å²) in [6.07, 6.45) is 2.55. The second kappa shape index (κ2) is 9.43. The van der Waals surface area contributed by atoms with Crippen LogP contribution < -0.4 is 5.32 Å². The van der Waals surface area contributed by atoms with Crippen molar-refractivity contribution in [2.75, 3.05) is 17.4 Å². The monoisotopic (exact) mass is 619 g/mol. The van der Waals surface area contributed by atoms with Gasteiger partial charge < -0.3 is 34.9 Å². The van der Waals surface area contributed by atoms with Gasteiger partial charge in [-0.15, -0.1) is 0 Å². The van der Waals surface area contributed by atoms with E-state index >= 15 is 0 Å². The van der Waals surface area contributed by atoms with E-state index in [1.807, 2.05) is 0 Å². The average molecular weight is 620 g/mol. The Labute approximate surface area is 236 Å². The zero-order chi connectivity index (χ0) is 28.9. The highest BCUT2D eigenvalue weighted by Gasteiger charge is 2.60. The maximum absolute atomic E-state index is 12.2. The molecule has 5 aliphatic rings. The molecule has 6 N–H and O–H groups in total. The second-order valence-electron chi connectivity index (χ2n) is 13.4. The number of hydrogen-bond donors (Lipinski definition) is 6. The Hall–Kier alpha value is -1.14. The lowest BCUT2D eigenvalue weighted by Crippen LogP contribution is -2.61. The van der Waals surface area contributed by atoms with E-state index in [2.05, 4.69) is 34.1 Å². The smallest absolute Gasteiger partial charge is 0.335 e. The zero-order valence-electron chi connectivity index (χ0n) is 22.4. The van der Waals surface area contributed by atoms with Gasteiger partial charge in [0.1, 0.15) is 18.1 Å². The SMILES string of the molecule is C[C@]12CC3CC(Nc4nc(Cl)nc5c4ncn5C4OC(CCP(=O)(O)CP(=O)(O)O)C(O)C4O)(C1)C[C@@](C)(C3)C2. The fourth-order valence-corrected chi connectivity index (χ4v) is 12.6. The Morgan fingerprint density at radius 3 is 2.38 bits per heavy atom. The van der Waals surface area contributed by atoms with Gasteiger partial charge in [-0.1, -0.05) is 13.8 Å². The normalized spacial score (nSPS) is 40.5. The van der Waals surface area contributed by atoms with E-state index in [0.717, 1.165) is 19.3 Å². The van der Waals surface area contributed by atoms with E-state index in [1.165, 1.54) is 30.2 Å². The van der Waals surface area contributed by atoms with E-state index in [-0.39, 0.29) is 28.1 Å². The highest BCUT2D eigenvalue weighted by atomic mass is 35.5. The van der Waals surface area contributed by atoms with Gasteiger partial charge in [-0.3, -0.25) is 13.7 Å². The lowest BCUT2D eigenvalue weighted by atomic mass is 9.43. The highest BCUT2D eigenvalue weighted by Crippen LogP contribution is 2.67. The van der Waals surface area contributed by atoms with Crippen molar-refractivity contribution < 1.29 is 38.8 Å². The van der Waals surface area contributed by atoms with Crippen molar-refractivity contribution in [2.24, 2.45) is 16.7 Å². The van der Waals surface area contributed by atoms with Crippen molar-refractivity contribution in [1.82, 2.24) is 19.5 Å². The molecule has 2 aromatic rings. The van der Waals surface area contributed by atoms with Gasteiger partial charge in [0, 0.05) is 11.7 Å². The second-order valence-corrected chi connectivity index (χ2v) is 18.4. The van der Waals surface area contributed by atoms with Gasteiger partial charge in [0.2, 0.25) is 12.7 Å². The van der Waals surface area contributed by atoms with Crippen LogP contribution in [-0.2, 0) is 13.9 Å². The van der Waals surface area contributed by atoms with Crippen molar-refractivity contribution in [3.05, 3.63) is 11.6 Å². The van der Waals surface area contributed by atoms with Crippen LogP contribution in [0.3, 0.4) is 0 Å². The maximum atomic E-state index is 12.2. The molecule has 0 amide bonds. The van der Waals surface area contributed by atoms with Gasteiger partial charge in [-0.25, -0.2) is 4.98 Å². The number of ether oxygens (including phenoxy) is 1. The van der Waals surface area contributed by atoms with Crippen LogP contribution in [0.1, 0.15) is 65.0 Å². The van der Waals surface area contributed by atoms with Crippen molar-refractivity contribution in [3.8, 4) is 0 Å². The van der Waals surface area contributed by atoms with Crippen LogP contribution in [0.15, 0.2) is 6.33 Å². The van der Waals surface area contributed by atoms with E-state index in [1.54, 1.807) is 0 Å². The summed E-state index contributed by atoms with van der Waals surface area (Å²) in [5.41, 5.74) is 1.16. The molecule has 2 aromatic heterocycles. The third kappa shape index (κ3) is 5.38. The summed E-state index contributed by atoms with van der Waals surface area (Å²) in [6, 6.07) is 0. The summed E-state index contributed by atoms with van der Waals surface area (Å²) in [5, 5.41) is 25.1. The number of aliphatic hydroxyl groups excluding tert-OH is 2. The molecule has 0 radical (unpaired) electrons. The van der Waals surface area contributed by atoms with Gasteiger partial charge in [-0.2, -0.15) is 9.97 Å². The molecule has 4 saturated carbocycles. The molecule has 1 aliphatic heterocycles. The average Bonchev–Trinajstić information content (AvgIpc) is 3.29. The highest BCUT2D eigenvalue weighted by molar-refractivity contribution is 7.72. The van der Waals surface area contributed by atoms with E-state index in [4.69, 9.17) is 26.1 Å². The molecule has 7 unspecified atom stereocenters. The Morgan fingerprint density at radius 1 is 1.07 bits per heavy atom. The van der Waals surface area contributed by atoms with Crippen LogP contribution in [0.5, 0.6) is 0 Å². The largest absolute Gasteiger partial charge is 0.388 e. The summed E-state index contributed by atoms with van der Waals surface area (Å²) in [5.74, 6) is -0.00112. The predicted molar refractivity (Wildman–Crippen MR) is 146 cm³/mol. The topological polar surface area (TPSA) is 200 Å². The third-order valence-electron chi connectivity index (χ3n) is 9.18. The molecule has 4 bridgehead atoms. The van der Waals surface area contributed by atoms with Gasteiger partial charge in [0.25, 0.3) is 0 Å². The molecule has 7 rings (SSSR count). The zero-order valence-corrected chi connectivity index (χ0v) is 24.9. The quantitative estimate of drug-likeness (QED) is 0.187. The minimum absolute atomic E-state index is 0.0119. The Kier molecular flexibility index (Phi) is 6.83. The molecular weight excluding hydrogens is 584 g/mol. The fourth-order valence-electron chi connectivity index (χ4n) is 8.89. The molecule has 13 nitrogen and oxygen atoms in total. The number of rotatable bonds is 8. The summed E-state index contributed by atoms with van der Waals surface area (Å²) < 4.78 is 30.8. The molecule has 0 aromatic carbocycles. The van der Waals surface area contributed by atoms with Crippen LogP contribution >= 0.6 is 26.6 Å². The summed E-state index contributed by atoms with van der Waals surface area (Å²) in [4.78, 5) is 41.5. The lowest BCUT2D eigenvalue weighted by molar-refractivity contribution is -0.0973. The van der Waals surface area contributed by atoms with Gasteiger partial charge >= 0.3 is 7.60 Å². The number of aromatic nitrogens is 4. The van der Waals surface area contributed by atoms with Crippen LogP contribution in [0, 0.1) is 16.7 Å². The van der Waals surface area contributed by atoms with Crippen molar-refractivity contribution in [1.29, 1.82) is 0 Å². The summed E-state index contributed by atoms with van der Waals surface area (Å²) in [6.45, 7) is 4.76. The summed E-state index contributed by atoms with van der Waals surface area (Å²) >= 11 is 6.37. The third-order valence-corrected chi connectivity index (χ3v) is 13.6. The fraction of sp³-hybridized carbons (Fsp3) is 0.792. The molecule has 9 atom stereocenters. The van der Waals surface area contributed by atoms with Gasteiger partial charge in [0.15, 0.2) is 23.2 Å². The molecule has 3 heterocycles. The minimum atomic E-state index is -4.70. The minimum Gasteiger partial charge on any atom is -0.388 e. The first-order chi connectivity index (χ1) is 18.5. The Bertz CT molecular complexity index is 1420. The molecule has 40 heavy (non-hydrogen) atoms. The maximum Gasteiger partial charge on any atom is 0.335 e. The number of nitrogens with one attached hydrogen (secondary N) is 1. The molecule has 0 spiro atoms. The van der Waals surface area contributed by atoms with Crippen molar-refractivity contribution in [2.45, 2.75) is 88.9 Å². The van der Waals surface area contributed by atoms with Crippen LogP contribution in [-0.4, -0.2) is 80.3 Å². The predicted octanol–water partition coefficient (Wildman–Crippen LogP) is 3.06. The number of hydrogen-bond acceptors (Lipinski definition) is 9. The van der Waals surface area contributed by atoms with Crippen LogP contribution in [0.25, 0.3) is 11.2 Å². The van der Waals surface area contributed by atoms with E-state index in [9.17, 15) is 24.2 Å². The Balaban J connectivity index is 1.25. The molecule has 16 heteroatoms. The van der Waals surface area contributed by atoms with Crippen molar-refractivity contribution >= 4 is 43.5 Å². The number of fused-ring (bicyclic) bond motifs is 1. The molecule has 1 saturated heterocycles. The lowest BCUT2D eigenvalue weighted by Gasteiger charge is -2.65. The van der Waals surface area contributed by atoms with E-state index < -0.39 is 51.6 Å². The van der Waals surface area contributed by atoms with E-state index in [0.29, 0.717) is 22.9 Å². The number of imidazole rings is 1. The number of anilines is 1. The first-order valence-electron chi connectivity index (χ1n) is 13.5.